The lowest BCUT2D eigenvalue weighted by atomic mass is 10.1. The summed E-state index contributed by atoms with van der Waals surface area (Å²) in [5, 5.41) is 12.4. The van der Waals surface area contributed by atoms with Crippen LogP contribution in [0.25, 0.3) is 11.0 Å². The molecule has 7 heteroatoms. The van der Waals surface area contributed by atoms with Crippen molar-refractivity contribution in [1.29, 1.82) is 0 Å². The number of benzene rings is 2. The van der Waals surface area contributed by atoms with E-state index in [0.29, 0.717) is 25.3 Å². The number of ether oxygens (including phenoxy) is 2. The Bertz CT molecular complexity index is 965. The molecular formula is C20H21N3O4. The fourth-order valence-corrected chi connectivity index (χ4v) is 3.42. The second-order valence-corrected chi connectivity index (χ2v) is 6.55. The molecule has 2 N–H and O–H groups in total. The van der Waals surface area contributed by atoms with E-state index in [1.165, 1.54) is 0 Å². The Labute approximate surface area is 156 Å². The van der Waals surface area contributed by atoms with Crippen LogP contribution in [0.5, 0.6) is 5.75 Å². The van der Waals surface area contributed by atoms with E-state index in [2.05, 4.69) is 14.9 Å². The molecule has 1 unspecified atom stereocenters. The molecule has 27 heavy (non-hydrogen) atoms. The molecule has 2 heterocycles. The van der Waals surface area contributed by atoms with Crippen LogP contribution >= 0.6 is 0 Å². The molecule has 4 rings (SSSR count). The Morgan fingerprint density at radius 1 is 1.33 bits per heavy atom. The Balaban J connectivity index is 1.48. The van der Waals surface area contributed by atoms with E-state index in [9.17, 15) is 4.79 Å². The van der Waals surface area contributed by atoms with Crippen molar-refractivity contribution in [2.24, 2.45) is 0 Å². The fraction of sp³-hybridized carbons (Fsp3) is 0.300. The minimum atomic E-state index is -0.913. The van der Waals surface area contributed by atoms with E-state index in [0.717, 1.165) is 34.7 Å². The van der Waals surface area contributed by atoms with Crippen molar-refractivity contribution in [3.63, 3.8) is 0 Å². The van der Waals surface area contributed by atoms with Crippen molar-refractivity contribution in [1.82, 2.24) is 14.9 Å². The number of rotatable bonds is 6. The number of aromatic carboxylic acids is 1. The first-order chi connectivity index (χ1) is 13.2. The van der Waals surface area contributed by atoms with Gasteiger partial charge in [0.15, 0.2) is 0 Å². The summed E-state index contributed by atoms with van der Waals surface area (Å²) in [6.07, 6.45) is 0. The summed E-state index contributed by atoms with van der Waals surface area (Å²) in [7, 11) is 1.66. The van der Waals surface area contributed by atoms with Gasteiger partial charge in [-0.1, -0.05) is 12.1 Å². The van der Waals surface area contributed by atoms with Crippen molar-refractivity contribution >= 4 is 17.0 Å². The van der Waals surface area contributed by atoms with E-state index in [1.807, 2.05) is 30.3 Å². The molecule has 1 aliphatic rings. The van der Waals surface area contributed by atoms with E-state index >= 15 is 0 Å². The number of aromatic nitrogens is 2. The molecule has 0 aliphatic carbocycles. The number of fused-ring (bicyclic) bond motifs is 3. The molecule has 1 aromatic heterocycles. The molecule has 0 saturated carbocycles. The molecule has 3 aromatic rings. The second kappa shape index (κ2) is 7.38. The number of imidazole rings is 1. The third-order valence-electron chi connectivity index (χ3n) is 4.79. The van der Waals surface area contributed by atoms with Crippen molar-refractivity contribution in [2.45, 2.75) is 19.2 Å². The van der Waals surface area contributed by atoms with Gasteiger partial charge in [0.1, 0.15) is 18.2 Å². The quantitative estimate of drug-likeness (QED) is 0.697. The van der Waals surface area contributed by atoms with Gasteiger partial charge in [0.05, 0.1) is 36.4 Å². The van der Waals surface area contributed by atoms with Crippen LogP contribution < -0.4 is 10.1 Å². The van der Waals surface area contributed by atoms with Crippen molar-refractivity contribution < 1.29 is 19.4 Å². The van der Waals surface area contributed by atoms with Crippen molar-refractivity contribution in [3.8, 4) is 5.75 Å². The van der Waals surface area contributed by atoms with Crippen LogP contribution in [0.3, 0.4) is 0 Å². The summed E-state index contributed by atoms with van der Waals surface area (Å²) < 4.78 is 13.3. The van der Waals surface area contributed by atoms with Crippen LogP contribution in [0.15, 0.2) is 42.5 Å². The number of hydrogen-bond acceptors (Lipinski definition) is 5. The van der Waals surface area contributed by atoms with Gasteiger partial charge >= 0.3 is 5.97 Å². The zero-order valence-electron chi connectivity index (χ0n) is 15.0. The average molecular weight is 367 g/mol. The molecule has 0 radical (unpaired) electrons. The lowest BCUT2D eigenvalue weighted by molar-refractivity contribution is 0.0564. The standard InChI is InChI=1S/C20H21N3O4/c1-26-16-6-7-17-18(8-16)23-15(11-27-12-19(23)22-17)10-21-9-13-2-4-14(5-3-13)20(24)25/h2-8,15,21H,9-12H2,1H3,(H,24,25). The van der Waals surface area contributed by atoms with Gasteiger partial charge in [0.2, 0.25) is 0 Å². The van der Waals surface area contributed by atoms with Crippen LogP contribution in [-0.4, -0.2) is 40.9 Å². The largest absolute Gasteiger partial charge is 0.497 e. The van der Waals surface area contributed by atoms with Crippen LogP contribution in [0, 0.1) is 0 Å². The fourth-order valence-electron chi connectivity index (χ4n) is 3.42. The first-order valence-corrected chi connectivity index (χ1v) is 8.81. The monoisotopic (exact) mass is 367 g/mol. The van der Waals surface area contributed by atoms with Gasteiger partial charge in [-0.15, -0.1) is 0 Å². The maximum absolute atomic E-state index is 10.9. The highest BCUT2D eigenvalue weighted by atomic mass is 16.5. The molecule has 0 amide bonds. The van der Waals surface area contributed by atoms with Gasteiger partial charge in [-0.05, 0) is 29.8 Å². The normalized spacial score (nSPS) is 16.3. The summed E-state index contributed by atoms with van der Waals surface area (Å²) in [5.74, 6) is 0.813. The van der Waals surface area contributed by atoms with Gasteiger partial charge < -0.3 is 24.5 Å². The topological polar surface area (TPSA) is 85.6 Å². The predicted molar refractivity (Wildman–Crippen MR) is 100 cm³/mol. The van der Waals surface area contributed by atoms with Gasteiger partial charge in [-0.25, -0.2) is 9.78 Å². The van der Waals surface area contributed by atoms with Gasteiger partial charge in [0, 0.05) is 19.2 Å². The molecule has 2 aromatic carbocycles. The number of hydrogen-bond donors (Lipinski definition) is 2. The number of carboxylic acid groups (broad SMARTS) is 1. The van der Waals surface area contributed by atoms with E-state index in [4.69, 9.17) is 14.6 Å². The summed E-state index contributed by atoms with van der Waals surface area (Å²) in [6, 6.07) is 12.9. The molecule has 0 fully saturated rings. The molecule has 0 bridgehead atoms. The lowest BCUT2D eigenvalue weighted by Crippen LogP contribution is -2.32. The number of methoxy groups -OCH3 is 1. The summed E-state index contributed by atoms with van der Waals surface area (Å²) >= 11 is 0. The first kappa shape index (κ1) is 17.5. The van der Waals surface area contributed by atoms with E-state index in [1.54, 1.807) is 19.2 Å². The Morgan fingerprint density at radius 3 is 2.89 bits per heavy atom. The van der Waals surface area contributed by atoms with Gasteiger partial charge in [0.25, 0.3) is 0 Å². The molecule has 7 nitrogen and oxygen atoms in total. The Kier molecular flexibility index (Phi) is 4.79. The van der Waals surface area contributed by atoms with Crippen molar-refractivity contribution in [3.05, 3.63) is 59.4 Å². The van der Waals surface area contributed by atoms with E-state index < -0.39 is 5.97 Å². The molecular weight excluding hydrogens is 346 g/mol. The SMILES string of the molecule is COc1ccc2nc3n(c2c1)C(CNCc1ccc(C(=O)O)cc1)COC3. The molecule has 0 spiro atoms. The van der Waals surface area contributed by atoms with Gasteiger partial charge in [-0.3, -0.25) is 0 Å². The van der Waals surface area contributed by atoms with Crippen LogP contribution in [-0.2, 0) is 17.9 Å². The number of nitrogens with zero attached hydrogens (tertiary/aromatic N) is 2. The predicted octanol–water partition coefficient (Wildman–Crippen LogP) is 2.60. The Hall–Kier alpha value is -2.90. The van der Waals surface area contributed by atoms with Gasteiger partial charge in [-0.2, -0.15) is 0 Å². The third-order valence-corrected chi connectivity index (χ3v) is 4.79. The minimum absolute atomic E-state index is 0.129. The zero-order chi connectivity index (χ0) is 18.8. The highest BCUT2D eigenvalue weighted by Crippen LogP contribution is 2.28. The highest BCUT2D eigenvalue weighted by Gasteiger charge is 2.24. The number of carbonyl (C=O) groups is 1. The molecule has 0 saturated heterocycles. The molecule has 1 aliphatic heterocycles. The molecule has 140 valence electrons. The first-order valence-electron chi connectivity index (χ1n) is 8.81. The van der Waals surface area contributed by atoms with E-state index in [-0.39, 0.29) is 6.04 Å². The third kappa shape index (κ3) is 3.51. The Morgan fingerprint density at radius 2 is 2.15 bits per heavy atom. The average Bonchev–Trinajstić information content (AvgIpc) is 3.07. The van der Waals surface area contributed by atoms with Crippen LogP contribution in [0.1, 0.15) is 27.8 Å². The lowest BCUT2D eigenvalue weighted by Gasteiger charge is -2.26. The zero-order valence-corrected chi connectivity index (χ0v) is 15.0. The van der Waals surface area contributed by atoms with Crippen LogP contribution in [0.4, 0.5) is 0 Å². The van der Waals surface area contributed by atoms with Crippen LogP contribution in [0.2, 0.25) is 0 Å². The maximum Gasteiger partial charge on any atom is 0.335 e. The van der Waals surface area contributed by atoms with Crippen molar-refractivity contribution in [2.75, 3.05) is 20.3 Å². The molecule has 1 atom stereocenters. The highest BCUT2D eigenvalue weighted by molar-refractivity contribution is 5.87. The summed E-state index contributed by atoms with van der Waals surface area (Å²) in [4.78, 5) is 15.6. The summed E-state index contributed by atoms with van der Waals surface area (Å²) in [6.45, 7) is 2.49. The minimum Gasteiger partial charge on any atom is -0.497 e. The maximum atomic E-state index is 10.9. The second-order valence-electron chi connectivity index (χ2n) is 6.55. The number of carboxylic acids is 1. The number of nitrogens with one attached hydrogen (secondary N) is 1. The summed E-state index contributed by atoms with van der Waals surface area (Å²) in [5.41, 5.74) is 3.31. The smallest absolute Gasteiger partial charge is 0.335 e.